The van der Waals surface area contributed by atoms with E-state index in [4.69, 9.17) is 0 Å². The predicted molar refractivity (Wildman–Crippen MR) is 94.3 cm³/mol. The van der Waals surface area contributed by atoms with E-state index in [2.05, 4.69) is 67.3 Å². The molecule has 3 rings (SSSR count). The molecule has 1 heterocycles. The van der Waals surface area contributed by atoms with Gasteiger partial charge in [-0.3, -0.25) is 4.90 Å². The molecular weight excluding hydrogens is 266 g/mol. The Labute approximate surface area is 135 Å². The van der Waals surface area contributed by atoms with Crippen molar-refractivity contribution in [1.29, 1.82) is 0 Å². The lowest BCUT2D eigenvalue weighted by Crippen LogP contribution is -2.32. The van der Waals surface area contributed by atoms with Crippen molar-refractivity contribution in [2.24, 2.45) is 0 Å². The van der Waals surface area contributed by atoms with E-state index >= 15 is 0 Å². The standard InChI is InChI=1S/C21H27N/c1-3-18-10-7-11-20-16-22(15-13-21(18)20)14-12-17(2)19-8-5-4-6-9-19/h4-11,17H,3,12-16H2,1-2H3. The molecule has 1 nitrogen and oxygen atoms in total. The Kier molecular flexibility index (Phi) is 4.94. The van der Waals surface area contributed by atoms with E-state index in [1.54, 1.807) is 16.7 Å². The van der Waals surface area contributed by atoms with Gasteiger partial charge in [0.15, 0.2) is 0 Å². The summed E-state index contributed by atoms with van der Waals surface area (Å²) in [5.74, 6) is 0.643. The van der Waals surface area contributed by atoms with Crippen LogP contribution in [0.15, 0.2) is 48.5 Å². The van der Waals surface area contributed by atoms with E-state index in [1.165, 1.54) is 31.5 Å². The number of aryl methyl sites for hydroxylation is 1. The lowest BCUT2D eigenvalue weighted by atomic mass is 9.92. The Morgan fingerprint density at radius 2 is 1.86 bits per heavy atom. The Morgan fingerprint density at radius 1 is 1.05 bits per heavy atom. The molecule has 0 saturated carbocycles. The summed E-state index contributed by atoms with van der Waals surface area (Å²) < 4.78 is 0. The highest BCUT2D eigenvalue weighted by Crippen LogP contribution is 2.25. The summed E-state index contributed by atoms with van der Waals surface area (Å²) in [5.41, 5.74) is 6.19. The summed E-state index contributed by atoms with van der Waals surface area (Å²) in [4.78, 5) is 2.63. The molecule has 2 aromatic carbocycles. The zero-order chi connectivity index (χ0) is 15.4. The highest BCUT2D eigenvalue weighted by atomic mass is 15.1. The van der Waals surface area contributed by atoms with Crippen LogP contribution in [0, 0.1) is 0 Å². The molecule has 22 heavy (non-hydrogen) atoms. The van der Waals surface area contributed by atoms with Crippen molar-refractivity contribution in [2.75, 3.05) is 13.1 Å². The van der Waals surface area contributed by atoms with Crippen LogP contribution in [-0.2, 0) is 19.4 Å². The van der Waals surface area contributed by atoms with Crippen molar-refractivity contribution in [3.05, 3.63) is 70.8 Å². The molecule has 0 saturated heterocycles. The molecule has 0 fully saturated rings. The van der Waals surface area contributed by atoms with Crippen LogP contribution in [0.3, 0.4) is 0 Å². The van der Waals surface area contributed by atoms with Crippen LogP contribution in [0.2, 0.25) is 0 Å². The quantitative estimate of drug-likeness (QED) is 0.765. The fourth-order valence-electron chi connectivity index (χ4n) is 3.59. The van der Waals surface area contributed by atoms with Gasteiger partial charge in [0, 0.05) is 13.1 Å². The average molecular weight is 293 g/mol. The Bertz CT molecular complexity index is 603. The maximum Gasteiger partial charge on any atom is 0.0236 e. The average Bonchev–Trinajstić information content (AvgIpc) is 2.59. The summed E-state index contributed by atoms with van der Waals surface area (Å²) in [7, 11) is 0. The van der Waals surface area contributed by atoms with Gasteiger partial charge < -0.3 is 0 Å². The van der Waals surface area contributed by atoms with Gasteiger partial charge >= 0.3 is 0 Å². The zero-order valence-corrected chi connectivity index (χ0v) is 13.9. The molecular formula is C21H27N. The molecule has 1 aliphatic heterocycles. The summed E-state index contributed by atoms with van der Waals surface area (Å²) in [5, 5.41) is 0. The van der Waals surface area contributed by atoms with Crippen molar-refractivity contribution in [1.82, 2.24) is 4.90 Å². The largest absolute Gasteiger partial charge is 0.299 e. The van der Waals surface area contributed by atoms with Gasteiger partial charge in [0.05, 0.1) is 0 Å². The van der Waals surface area contributed by atoms with Gasteiger partial charge in [0.1, 0.15) is 0 Å². The minimum absolute atomic E-state index is 0.643. The highest BCUT2D eigenvalue weighted by Gasteiger charge is 2.18. The fraction of sp³-hybridized carbons (Fsp3) is 0.429. The second-order valence-electron chi connectivity index (χ2n) is 6.53. The normalized spacial score (nSPS) is 16.3. The molecule has 116 valence electrons. The third-order valence-electron chi connectivity index (χ3n) is 5.07. The van der Waals surface area contributed by atoms with Crippen LogP contribution in [0.4, 0.5) is 0 Å². The number of fused-ring (bicyclic) bond motifs is 1. The van der Waals surface area contributed by atoms with E-state index in [1.807, 2.05) is 0 Å². The van der Waals surface area contributed by atoms with E-state index in [0.717, 1.165) is 13.0 Å². The van der Waals surface area contributed by atoms with Crippen molar-refractivity contribution >= 4 is 0 Å². The molecule has 0 spiro atoms. The molecule has 0 N–H and O–H groups in total. The Hall–Kier alpha value is -1.60. The van der Waals surface area contributed by atoms with E-state index in [9.17, 15) is 0 Å². The third-order valence-corrected chi connectivity index (χ3v) is 5.07. The first-order valence-electron chi connectivity index (χ1n) is 8.65. The van der Waals surface area contributed by atoms with Crippen LogP contribution in [-0.4, -0.2) is 18.0 Å². The van der Waals surface area contributed by atoms with Crippen LogP contribution in [0.5, 0.6) is 0 Å². The van der Waals surface area contributed by atoms with Gasteiger partial charge in [-0.1, -0.05) is 62.4 Å². The highest BCUT2D eigenvalue weighted by molar-refractivity contribution is 5.37. The second kappa shape index (κ2) is 7.11. The van der Waals surface area contributed by atoms with Gasteiger partial charge in [0.2, 0.25) is 0 Å². The second-order valence-corrected chi connectivity index (χ2v) is 6.53. The smallest absolute Gasteiger partial charge is 0.0236 e. The number of benzene rings is 2. The van der Waals surface area contributed by atoms with Crippen LogP contribution < -0.4 is 0 Å². The molecule has 1 atom stereocenters. The third kappa shape index (κ3) is 3.41. The summed E-state index contributed by atoms with van der Waals surface area (Å²) >= 11 is 0. The lowest BCUT2D eigenvalue weighted by Gasteiger charge is -2.30. The van der Waals surface area contributed by atoms with E-state index in [-0.39, 0.29) is 0 Å². The Balaban J connectivity index is 1.59. The Morgan fingerprint density at radius 3 is 2.64 bits per heavy atom. The van der Waals surface area contributed by atoms with Crippen molar-refractivity contribution in [3.8, 4) is 0 Å². The first-order chi connectivity index (χ1) is 10.8. The molecule has 2 aromatic rings. The van der Waals surface area contributed by atoms with Crippen LogP contribution >= 0.6 is 0 Å². The maximum absolute atomic E-state index is 2.63. The minimum atomic E-state index is 0.643. The summed E-state index contributed by atoms with van der Waals surface area (Å²) in [6, 6.07) is 17.8. The van der Waals surface area contributed by atoms with Crippen LogP contribution in [0.1, 0.15) is 48.4 Å². The van der Waals surface area contributed by atoms with Gasteiger partial charge in [-0.05, 0) is 54.0 Å². The van der Waals surface area contributed by atoms with Gasteiger partial charge in [-0.25, -0.2) is 0 Å². The molecule has 0 radical (unpaired) electrons. The molecule has 1 unspecified atom stereocenters. The topological polar surface area (TPSA) is 3.24 Å². The summed E-state index contributed by atoms with van der Waals surface area (Å²) in [6.07, 6.45) is 3.63. The number of hydrogen-bond donors (Lipinski definition) is 0. The van der Waals surface area contributed by atoms with Gasteiger partial charge in [0.25, 0.3) is 0 Å². The maximum atomic E-state index is 2.63. The first-order valence-corrected chi connectivity index (χ1v) is 8.65. The number of nitrogens with zero attached hydrogens (tertiary/aromatic N) is 1. The number of rotatable bonds is 5. The molecule has 0 aromatic heterocycles. The lowest BCUT2D eigenvalue weighted by molar-refractivity contribution is 0.245. The van der Waals surface area contributed by atoms with Crippen LogP contribution in [0.25, 0.3) is 0 Å². The molecule has 1 heteroatoms. The van der Waals surface area contributed by atoms with Crippen molar-refractivity contribution in [3.63, 3.8) is 0 Å². The zero-order valence-electron chi connectivity index (χ0n) is 13.9. The van der Waals surface area contributed by atoms with Gasteiger partial charge in [-0.2, -0.15) is 0 Å². The predicted octanol–water partition coefficient (Wildman–Crippen LogP) is 4.80. The molecule has 0 aliphatic carbocycles. The van der Waals surface area contributed by atoms with Gasteiger partial charge in [-0.15, -0.1) is 0 Å². The minimum Gasteiger partial charge on any atom is -0.299 e. The fourth-order valence-corrected chi connectivity index (χ4v) is 3.59. The molecule has 1 aliphatic rings. The monoisotopic (exact) mass is 293 g/mol. The first kappa shape index (κ1) is 15.3. The van der Waals surface area contributed by atoms with E-state index < -0.39 is 0 Å². The SMILES string of the molecule is CCc1cccc2c1CCN(CCC(C)c1ccccc1)C2. The van der Waals surface area contributed by atoms with Crippen molar-refractivity contribution < 1.29 is 0 Å². The summed E-state index contributed by atoms with van der Waals surface area (Å²) in [6.45, 7) is 8.16. The number of hydrogen-bond acceptors (Lipinski definition) is 1. The molecule has 0 bridgehead atoms. The van der Waals surface area contributed by atoms with E-state index in [0.29, 0.717) is 5.92 Å². The molecule has 0 amide bonds. The van der Waals surface area contributed by atoms with Crippen molar-refractivity contribution in [2.45, 2.75) is 45.6 Å².